The zero-order valence-corrected chi connectivity index (χ0v) is 40.6. The second-order valence-corrected chi connectivity index (χ2v) is 17.2. The molecule has 384 valence electrons. The molecule has 0 radical (unpaired) electrons. The Balaban J connectivity index is 1.17. The molecule has 0 atom stereocenters. The highest BCUT2D eigenvalue weighted by atomic mass is 16.6. The van der Waals surface area contributed by atoms with E-state index in [1.54, 1.807) is 24.3 Å². The summed E-state index contributed by atoms with van der Waals surface area (Å²) in [6, 6.07) is 40.9. The van der Waals surface area contributed by atoms with Gasteiger partial charge in [-0.05, 0) is 88.3 Å². The Bertz CT molecular complexity index is 3920. The van der Waals surface area contributed by atoms with Crippen LogP contribution in [0, 0.1) is 54.0 Å². The van der Waals surface area contributed by atoms with Crippen LogP contribution in [0.3, 0.4) is 0 Å². The van der Waals surface area contributed by atoms with Crippen LogP contribution >= 0.6 is 0 Å². The quantitative estimate of drug-likeness (QED) is 0.0728. The van der Waals surface area contributed by atoms with Gasteiger partial charge < -0.3 is 30.7 Å². The summed E-state index contributed by atoms with van der Waals surface area (Å²) in [4.78, 5) is 97.4. The number of ether oxygens (including phenoxy) is 2. The summed E-state index contributed by atoms with van der Waals surface area (Å²) in [5, 5.41) is 47.9. The summed E-state index contributed by atoms with van der Waals surface area (Å²) in [7, 11) is 0. The number of nitrogens with one attached hydrogen (secondary N) is 4. The maximum atomic E-state index is 14.1. The summed E-state index contributed by atoms with van der Waals surface area (Å²) in [5.74, 6) is 9.08. The molecule has 0 saturated heterocycles. The molecular formula is C58H35N9O12. The second-order valence-electron chi connectivity index (χ2n) is 17.2. The van der Waals surface area contributed by atoms with Crippen LogP contribution in [0.5, 0.6) is 11.5 Å². The number of aromatic nitrogens is 2. The Hall–Kier alpha value is -11.8. The maximum absolute atomic E-state index is 14.1. The molecule has 0 saturated carbocycles. The lowest BCUT2D eigenvalue weighted by atomic mass is 9.88. The van der Waals surface area contributed by atoms with Crippen molar-refractivity contribution in [2.24, 2.45) is 0 Å². The third kappa shape index (κ3) is 11.5. The molecule has 0 unspecified atom stereocenters. The summed E-state index contributed by atoms with van der Waals surface area (Å²) in [6.45, 7) is -1.37. The Morgan fingerprint density at radius 2 is 0.797 bits per heavy atom. The van der Waals surface area contributed by atoms with Gasteiger partial charge in [-0.1, -0.05) is 84.3 Å². The predicted molar refractivity (Wildman–Crippen MR) is 291 cm³/mol. The van der Waals surface area contributed by atoms with E-state index >= 15 is 0 Å². The number of nitro benzene ring substituents is 3. The van der Waals surface area contributed by atoms with E-state index in [-0.39, 0.29) is 68.4 Å². The maximum Gasteiger partial charge on any atom is 0.271 e. The minimum atomic E-state index is -0.882. The van der Waals surface area contributed by atoms with Crippen LogP contribution in [0.4, 0.5) is 40.3 Å². The van der Waals surface area contributed by atoms with Crippen molar-refractivity contribution in [1.82, 2.24) is 9.97 Å². The topological polar surface area (TPSA) is 290 Å². The molecule has 4 amide bonds. The SMILES string of the molecule is O=C1COc2c(C#Cc3ccc([N+](=O)[O-])cc3)cc3ccccc3c2-c2c(c(C#Cc3ccc([N+](=O)[O-])cc3)cc3ccccc23)OCC(=O)Nc2cccc(n2)NC(=O)c2cc(cc([N+](=O)[O-])c2)C(=O)Nc2cccc(n2)N1. The Morgan fingerprint density at radius 1 is 0.418 bits per heavy atom. The van der Waals surface area contributed by atoms with Gasteiger partial charge in [0.15, 0.2) is 13.2 Å². The number of anilines is 4. The number of nitro groups is 3. The number of amides is 4. The van der Waals surface area contributed by atoms with Gasteiger partial charge in [-0.15, -0.1) is 0 Å². The normalized spacial score (nSPS) is 12.5. The molecule has 1 aliphatic heterocycles. The number of pyridine rings is 2. The van der Waals surface area contributed by atoms with Gasteiger partial charge in [0.25, 0.3) is 40.7 Å². The average Bonchev–Trinajstić information content (AvgIpc) is 3.65. The van der Waals surface area contributed by atoms with Crippen molar-refractivity contribution < 1.29 is 43.4 Å². The molecule has 0 fully saturated rings. The zero-order chi connectivity index (χ0) is 55.2. The van der Waals surface area contributed by atoms with Crippen molar-refractivity contribution >= 4 is 85.5 Å². The fourth-order valence-corrected chi connectivity index (χ4v) is 8.39. The molecule has 21 heteroatoms. The van der Waals surface area contributed by atoms with Crippen molar-refractivity contribution in [3.63, 3.8) is 0 Å². The first kappa shape index (κ1) is 50.7. The number of hydrogen-bond acceptors (Lipinski definition) is 14. The first-order valence-corrected chi connectivity index (χ1v) is 23.6. The number of benzene rings is 7. The lowest BCUT2D eigenvalue weighted by molar-refractivity contribution is -0.385. The predicted octanol–water partition coefficient (Wildman–Crippen LogP) is 9.83. The third-order valence-electron chi connectivity index (χ3n) is 12.0. The smallest absolute Gasteiger partial charge is 0.271 e. The van der Waals surface area contributed by atoms with E-state index in [4.69, 9.17) is 9.47 Å². The molecule has 0 aliphatic carbocycles. The number of hydrogen-bond donors (Lipinski definition) is 4. The molecule has 21 nitrogen and oxygen atoms in total. The Kier molecular flexibility index (Phi) is 14.1. The molecule has 2 aromatic heterocycles. The molecular weight excluding hydrogens is 1010 g/mol. The number of rotatable bonds is 3. The molecule has 0 spiro atoms. The van der Waals surface area contributed by atoms with Gasteiger partial charge in [0.1, 0.15) is 34.8 Å². The van der Waals surface area contributed by atoms with Crippen LogP contribution in [0.25, 0.3) is 32.7 Å². The largest absolute Gasteiger partial charge is 0.482 e. The van der Waals surface area contributed by atoms with Crippen LogP contribution in [0.2, 0.25) is 0 Å². The second kappa shape index (κ2) is 21.9. The average molecular weight is 1050 g/mol. The summed E-state index contributed by atoms with van der Waals surface area (Å²) >= 11 is 0. The van der Waals surface area contributed by atoms with Gasteiger partial charge in [-0.2, -0.15) is 0 Å². The van der Waals surface area contributed by atoms with Crippen molar-refractivity contribution in [2.75, 3.05) is 34.5 Å². The number of carbonyl (C=O) groups excluding carboxylic acids is 4. The van der Waals surface area contributed by atoms with Gasteiger partial charge in [0.2, 0.25) is 0 Å². The molecule has 6 bridgehead atoms. The third-order valence-corrected chi connectivity index (χ3v) is 12.0. The van der Waals surface area contributed by atoms with Crippen LogP contribution < -0.4 is 30.7 Å². The minimum Gasteiger partial charge on any atom is -0.482 e. The molecule has 4 N–H and O–H groups in total. The molecule has 9 aromatic rings. The number of carbonyl (C=O) groups is 4. The lowest BCUT2D eigenvalue weighted by Gasteiger charge is -2.22. The molecule has 79 heavy (non-hydrogen) atoms. The summed E-state index contributed by atoms with van der Waals surface area (Å²) in [5.41, 5.74) is 0.543. The van der Waals surface area contributed by atoms with E-state index in [1.807, 2.05) is 36.4 Å². The molecule has 7 aromatic carbocycles. The van der Waals surface area contributed by atoms with Crippen LogP contribution in [-0.2, 0) is 9.59 Å². The Morgan fingerprint density at radius 3 is 1.19 bits per heavy atom. The minimum absolute atomic E-state index is 0.0399. The number of nitrogens with zero attached hydrogens (tertiary/aromatic N) is 5. The van der Waals surface area contributed by atoms with E-state index in [2.05, 4.69) is 54.9 Å². The Labute approximate surface area is 445 Å². The van der Waals surface area contributed by atoms with Gasteiger partial charge in [-0.3, -0.25) is 49.5 Å². The van der Waals surface area contributed by atoms with E-state index in [0.717, 1.165) is 18.2 Å². The van der Waals surface area contributed by atoms with E-state index in [9.17, 15) is 49.5 Å². The first-order chi connectivity index (χ1) is 38.2. The fourth-order valence-electron chi connectivity index (χ4n) is 8.39. The molecule has 10 rings (SSSR count). The van der Waals surface area contributed by atoms with Gasteiger partial charge in [0, 0.05) is 69.8 Å². The monoisotopic (exact) mass is 1050 g/mol. The van der Waals surface area contributed by atoms with Crippen molar-refractivity contribution in [3.05, 3.63) is 228 Å². The van der Waals surface area contributed by atoms with Crippen LogP contribution in [0.1, 0.15) is 43.0 Å². The highest BCUT2D eigenvalue weighted by molar-refractivity contribution is 6.12. The zero-order valence-electron chi connectivity index (χ0n) is 40.6. The summed E-state index contributed by atoms with van der Waals surface area (Å²) < 4.78 is 13.2. The standard InChI is InChI=1S/C58H35N9O12/c68-51-32-78-55-38(21-15-34-17-23-42(24-18-34)65(72)73)27-36-7-1-3-9-45(36)53(55)54-46-10-4-2-8-37(46)28-39(22-16-35-19-25-43(26-20-35)66(74)75)56(54)79-33-52(69)62-48-12-6-14-50(60-48)64-58(71)41-29-40(30-44(31-41)67(76)77)57(70)63-49-13-5-11-47(59-49)61-51/h1-14,17-20,23-31H,32-33H2,(H2,59,61,63,68,70)(H2,60,62,64,69,71). The van der Waals surface area contributed by atoms with Gasteiger partial charge in [0.05, 0.1) is 25.9 Å². The first-order valence-electron chi connectivity index (χ1n) is 23.6. The fraction of sp³-hybridized carbons (Fsp3) is 0.0345. The number of fused-ring (bicyclic) bond motifs is 13. The van der Waals surface area contributed by atoms with Crippen molar-refractivity contribution in [3.8, 4) is 46.3 Å². The van der Waals surface area contributed by atoms with Crippen LogP contribution in [0.15, 0.2) is 164 Å². The van der Waals surface area contributed by atoms with E-state index in [0.29, 0.717) is 43.8 Å². The highest BCUT2D eigenvalue weighted by Gasteiger charge is 2.26. The van der Waals surface area contributed by atoms with Gasteiger partial charge >= 0.3 is 0 Å². The molecule has 3 heterocycles. The van der Waals surface area contributed by atoms with E-state index < -0.39 is 57.3 Å². The van der Waals surface area contributed by atoms with Crippen molar-refractivity contribution in [1.29, 1.82) is 0 Å². The molecule has 1 aliphatic rings. The lowest BCUT2D eigenvalue weighted by Crippen LogP contribution is -2.22. The van der Waals surface area contributed by atoms with E-state index in [1.165, 1.54) is 84.9 Å². The summed E-state index contributed by atoms with van der Waals surface area (Å²) in [6.07, 6.45) is 0. The number of non-ortho nitro benzene ring substituents is 3. The van der Waals surface area contributed by atoms with Crippen LogP contribution in [-0.4, -0.2) is 61.6 Å². The highest BCUT2D eigenvalue weighted by Crippen LogP contribution is 2.48. The van der Waals surface area contributed by atoms with Crippen molar-refractivity contribution in [2.45, 2.75) is 0 Å². The van der Waals surface area contributed by atoms with Gasteiger partial charge in [-0.25, -0.2) is 9.97 Å².